The van der Waals surface area contributed by atoms with Gasteiger partial charge < -0.3 is 60.3 Å². The third-order valence-electron chi connectivity index (χ3n) is 19.2. The van der Waals surface area contributed by atoms with E-state index in [9.17, 15) is 38.4 Å². The Bertz CT molecular complexity index is 6530. The fourth-order valence-electron chi connectivity index (χ4n) is 13.7. The minimum Gasteiger partial charge on any atom is -1.00 e. The molecule has 8 heterocycles. The van der Waals surface area contributed by atoms with Gasteiger partial charge in [-0.3, -0.25) is 37.2 Å². The molecule has 4 N–H and O–H groups in total. The largest absolute Gasteiger partial charge is 1.00 e. The second kappa shape index (κ2) is 46.0. The quantitative estimate of drug-likeness (QED) is 0.0204. The van der Waals surface area contributed by atoms with E-state index in [-0.39, 0.29) is 133 Å². The predicted octanol–water partition coefficient (Wildman–Crippen LogP) is 11.7. The third-order valence-corrected chi connectivity index (χ3v) is 21.5. The van der Waals surface area contributed by atoms with Crippen LogP contribution in [0.4, 0.5) is 0 Å². The molecule has 0 saturated carbocycles. The topological polar surface area (TPSA) is 290 Å². The predicted molar refractivity (Wildman–Crippen MR) is 493 cm³/mol. The van der Waals surface area contributed by atoms with Crippen molar-refractivity contribution in [2.24, 2.45) is 28.2 Å². The summed E-state index contributed by atoms with van der Waals surface area (Å²) in [5, 5.41) is 23.3. The Morgan fingerprint density at radius 3 is 1.20 bits per heavy atom. The molecule has 8 aromatic heterocycles. The fraction of sp³-hybridized carbons (Fsp3) is 0.233. The summed E-state index contributed by atoms with van der Waals surface area (Å²) < 4.78 is 40.3. The molecule has 0 unspecified atom stereocenters. The Morgan fingerprint density at radius 1 is 0.433 bits per heavy atom. The number of halogens is 6. The maximum atomic E-state index is 13.2. The summed E-state index contributed by atoms with van der Waals surface area (Å²) in [6, 6.07) is 52.1. The molecule has 0 aliphatic rings. The number of aliphatic hydroxyl groups excluding tert-OH is 1. The van der Waals surface area contributed by atoms with E-state index in [1.165, 1.54) is 14.2 Å². The molecule has 25 nitrogen and oxygen atoms in total. The van der Waals surface area contributed by atoms with Gasteiger partial charge in [-0.05, 0) is 163 Å². The maximum absolute atomic E-state index is 13.2. The average molecular weight is 2070 g/mol. The molecule has 0 aliphatic carbocycles. The van der Waals surface area contributed by atoms with E-state index in [2.05, 4.69) is 147 Å². The minimum atomic E-state index is -0.920. The first-order chi connectivity index (χ1) is 56.2. The van der Waals surface area contributed by atoms with Crippen LogP contribution < -0.4 is 65.5 Å². The normalized spacial score (nSPS) is 10.6. The number of rotatable bonds is 18. The van der Waals surface area contributed by atoms with Gasteiger partial charge in [-0.15, -0.1) is 0 Å². The number of fused-ring (bicyclic) bond motifs is 8. The second-order valence-corrected chi connectivity index (χ2v) is 31.1. The Morgan fingerprint density at radius 2 is 0.783 bits per heavy atom. The standard InChI is InChI=1S/C22H22BrN3O3.C20H18BrN3O3.C12H14N2O3.C11H10BrNO2.C10H8BrNO2.C10H10BrNO.CH3I.B.Li.Na.2H/c1-3-29-21(27)9-11-25-18-6-4-5-7-19(18)26(22(25)28)14-15-12-16(23)13-20-17(15)8-10-24(20)2;1-22-8-6-15-13(10-14(21)11-18(15)22)12-24-17-5-3-2-4-16(17)23(20(24)27)9-7-19(25)26;1-2-17-11(15)7-8-14-10-6-4-3-5-9(10)13-12(14)16;1-13-4-3-8-9(11(14)15-2)5-7(12)6-10(8)13;1-14-10(13)8-4-6(11)5-9-7(8)2-3-12-9;1-12-3-2-9-7(6-13)4-8(11)5-10(9)12;1-2;;;;;/h4-8,10,12-13H,3,9,11,14H2,1-2H3;2-6,8,10-11H,7,9,12H2,1H3,(H,25,26);3-6H,2,7-8H2,1H3,(H,13,16);3-6H,1-2H3;2-5,12H,1H3;2-5,13H,6H2,1H3;1H3;;;;;/q;;;;;;;;2*+1;2*-1. The number of nitrogens with one attached hydrogen (secondary N) is 2. The number of esters is 4. The van der Waals surface area contributed by atoms with Crippen LogP contribution in [-0.2, 0) is 101 Å². The second-order valence-electron chi connectivity index (χ2n) is 26.5. The van der Waals surface area contributed by atoms with Crippen molar-refractivity contribution in [3.8, 4) is 0 Å². The molecule has 3 radical (unpaired) electrons. The van der Waals surface area contributed by atoms with Crippen molar-refractivity contribution in [3.05, 3.63) is 276 Å². The zero-order valence-corrected chi connectivity index (χ0v) is 80.0. The minimum absolute atomic E-state index is 0. The SMILES string of the molecule is CCOC(=O)CCn1c(=O)[nH]c2ccccc21.CCOC(=O)CCn1c(=O)n(Cc2cc(Br)cc3c2ccn3C)c2ccccc21.CI.COC(=O)c1cc(Br)cc2[nH]ccc12.COC(=O)c1cc(Br)cc2c1ccn2C.Cn1ccc2c(CO)cc(Br)cc21.Cn1ccc2c(Cn3c(=O)n(CCC(=O)O)c4ccccc43)cc(Br)cc21.[B].[H-].[H-].[Li+].[Na+]. The number of nitrogens with zero attached hydrogens (tertiary/aromatic N) is 9. The molecule has 120 heavy (non-hydrogen) atoms. The zero-order valence-electron chi connectivity index (χ0n) is 69.9. The van der Waals surface area contributed by atoms with Crippen LogP contribution in [0.25, 0.3) is 87.6 Å². The van der Waals surface area contributed by atoms with Crippen molar-refractivity contribution in [2.75, 3.05) is 32.4 Å². The zero-order chi connectivity index (χ0) is 84.5. The molecule has 0 saturated heterocycles. The number of H-pyrrole nitrogens is 2. The number of carbonyl (C=O) groups is 5. The summed E-state index contributed by atoms with van der Waals surface area (Å²) in [6.07, 6.45) is 10.0. The molecule has 617 valence electrons. The molecule has 0 atom stereocenters. The van der Waals surface area contributed by atoms with E-state index in [0.717, 1.165) is 127 Å². The van der Waals surface area contributed by atoms with Gasteiger partial charge in [0.1, 0.15) is 0 Å². The van der Waals surface area contributed by atoms with Crippen molar-refractivity contribution in [3.63, 3.8) is 0 Å². The van der Waals surface area contributed by atoms with Crippen molar-refractivity contribution in [1.82, 2.24) is 51.1 Å². The Balaban J connectivity index is 0.000000264. The van der Waals surface area contributed by atoms with Crippen LogP contribution in [0.15, 0.2) is 232 Å². The third kappa shape index (κ3) is 23.6. The van der Waals surface area contributed by atoms with Crippen LogP contribution in [0.5, 0.6) is 0 Å². The van der Waals surface area contributed by atoms with E-state index in [1.807, 2.05) is 193 Å². The van der Waals surface area contributed by atoms with Crippen LogP contribution in [0.2, 0.25) is 0 Å². The van der Waals surface area contributed by atoms with Gasteiger partial charge in [0.25, 0.3) is 0 Å². The molecular formula is C86H87BBr5ILiN11NaO14. The van der Waals surface area contributed by atoms with Gasteiger partial charge in [0.05, 0.1) is 111 Å². The summed E-state index contributed by atoms with van der Waals surface area (Å²) in [6.45, 7) is 5.97. The van der Waals surface area contributed by atoms with Crippen molar-refractivity contribution < 1.29 is 104 Å². The number of aryl methyl sites for hydroxylation is 7. The summed E-state index contributed by atoms with van der Waals surface area (Å²) in [4.78, 5) is 103. The van der Waals surface area contributed by atoms with Gasteiger partial charge in [0.2, 0.25) is 0 Å². The van der Waals surface area contributed by atoms with E-state index in [1.54, 1.807) is 55.0 Å². The number of alkyl halides is 1. The summed E-state index contributed by atoms with van der Waals surface area (Å²) >= 11 is 19.4. The van der Waals surface area contributed by atoms with Gasteiger partial charge in [-0.2, -0.15) is 0 Å². The van der Waals surface area contributed by atoms with E-state index in [4.69, 9.17) is 29.2 Å². The molecule has 0 bridgehead atoms. The number of imidazole rings is 3. The number of carbonyl (C=O) groups excluding carboxylic acids is 4. The first-order valence-electron chi connectivity index (χ1n) is 36.7. The van der Waals surface area contributed by atoms with E-state index < -0.39 is 5.97 Å². The van der Waals surface area contributed by atoms with E-state index >= 15 is 0 Å². The number of aromatic nitrogens is 11. The Hall–Kier alpha value is -8.63. The fourth-order valence-corrected chi connectivity index (χ4v) is 16.1. The van der Waals surface area contributed by atoms with Gasteiger partial charge in [-0.1, -0.05) is 139 Å². The first kappa shape index (κ1) is 98.5. The van der Waals surface area contributed by atoms with Gasteiger partial charge in [0.15, 0.2) is 0 Å². The van der Waals surface area contributed by atoms with Crippen molar-refractivity contribution >= 4 is 228 Å². The summed E-state index contributed by atoms with van der Waals surface area (Å²) in [5.74, 6) is -2.14. The number of benzene rings is 8. The average Bonchev–Trinajstić information content (AvgIpc) is 1.61. The Kier molecular flexibility index (Phi) is 37.8. The number of aliphatic carboxylic acids is 1. The number of aromatic amines is 2. The maximum Gasteiger partial charge on any atom is 1.00 e. The van der Waals surface area contributed by atoms with E-state index in [0.29, 0.717) is 50.5 Å². The van der Waals surface area contributed by atoms with Crippen LogP contribution in [-0.4, -0.2) is 132 Å². The van der Waals surface area contributed by atoms with Crippen LogP contribution in [0, 0.1) is 0 Å². The molecular weight excluding hydrogens is 1980 g/mol. The number of aliphatic hydroxyl groups is 1. The van der Waals surface area contributed by atoms with Crippen LogP contribution in [0.1, 0.15) is 73.4 Å². The monoisotopic (exact) mass is 2060 g/mol. The summed E-state index contributed by atoms with van der Waals surface area (Å²) in [7, 11) is 10.7. The molecule has 8 aromatic carbocycles. The molecule has 0 spiro atoms. The van der Waals surface area contributed by atoms with Gasteiger partial charge >= 0.3 is 95.3 Å². The number of methoxy groups -OCH3 is 2. The smallest absolute Gasteiger partial charge is 1.00 e. The molecule has 34 heteroatoms. The molecule has 0 amide bonds. The number of carboxylic acid groups (broad SMARTS) is 1. The Labute approximate surface area is 785 Å². The molecule has 0 aliphatic heterocycles. The molecule has 0 fully saturated rings. The van der Waals surface area contributed by atoms with Crippen LogP contribution in [0.3, 0.4) is 0 Å². The first-order valence-corrected chi connectivity index (χ1v) is 42.8. The number of ether oxygens (including phenoxy) is 4. The van der Waals surface area contributed by atoms with Gasteiger partial charge in [-0.25, -0.2) is 24.0 Å². The van der Waals surface area contributed by atoms with Crippen molar-refractivity contribution in [2.45, 2.75) is 72.4 Å². The number of para-hydroxylation sites is 6. The van der Waals surface area contributed by atoms with Crippen molar-refractivity contribution in [1.29, 1.82) is 0 Å². The molecule has 16 aromatic rings. The van der Waals surface area contributed by atoms with Gasteiger partial charge in [0, 0.05) is 164 Å². The number of hydrogen-bond acceptors (Lipinski definition) is 13. The molecule has 16 rings (SSSR count). The number of carboxylic acids is 1. The summed E-state index contributed by atoms with van der Waals surface area (Å²) in [5.41, 5.74) is 13.8. The van der Waals surface area contributed by atoms with Crippen LogP contribution >= 0.6 is 102 Å². The number of hydrogen-bond donors (Lipinski definition) is 4.